The molecule has 0 aliphatic carbocycles. The smallest absolute Gasteiger partial charge is 0.326 e. The van der Waals surface area contributed by atoms with E-state index in [1.807, 2.05) is 0 Å². The molecule has 2 aromatic heterocycles. The number of carboxylic acids is 1. The van der Waals surface area contributed by atoms with Crippen LogP contribution in [0.1, 0.15) is 18.4 Å². The van der Waals surface area contributed by atoms with E-state index in [9.17, 15) is 31.9 Å². The van der Waals surface area contributed by atoms with E-state index in [0.29, 0.717) is 10.6 Å². The highest BCUT2D eigenvalue weighted by molar-refractivity contribution is 7.91. The Labute approximate surface area is 231 Å². The summed E-state index contributed by atoms with van der Waals surface area (Å²) in [6.07, 6.45) is 3.94. The second kappa shape index (κ2) is 10.9. The monoisotopic (exact) mass is 602 g/mol. The fourth-order valence-corrected chi connectivity index (χ4v) is 7.27. The fraction of sp³-hybridized carbons (Fsp3) is 0.391. The summed E-state index contributed by atoms with van der Waals surface area (Å²) in [5.41, 5.74) is 0.527. The van der Waals surface area contributed by atoms with Crippen molar-refractivity contribution in [2.24, 2.45) is 0 Å². The molecule has 0 radical (unpaired) electrons. The van der Waals surface area contributed by atoms with Crippen LogP contribution in [0, 0.1) is 0 Å². The summed E-state index contributed by atoms with van der Waals surface area (Å²) >= 11 is 7.11. The van der Waals surface area contributed by atoms with E-state index in [1.54, 1.807) is 30.6 Å². The largest absolute Gasteiger partial charge is 0.480 e. The standard InChI is InChI=1S/C23H22ClF2N5O5S2.H3N/c24-16-8-15-10-27-4-1-13(15)7-14(16)9-18(21(33)34)31-5-2-17(20(31)32)29-38(35,36)19-11-28-22(37-19)30-6-3-23(25,26)12-30;/h1,4,7-8,10-11,17-18,29H,2-3,5-6,9,12H2,(H,33,34);1H3. The zero-order valence-electron chi connectivity index (χ0n) is 20.4. The summed E-state index contributed by atoms with van der Waals surface area (Å²) in [7, 11) is -4.20. The number of halogens is 3. The zero-order valence-corrected chi connectivity index (χ0v) is 22.8. The van der Waals surface area contributed by atoms with Crippen LogP contribution in [0.25, 0.3) is 10.8 Å². The maximum absolute atomic E-state index is 13.5. The molecular formula is C23H25ClF2N6O5S2. The van der Waals surface area contributed by atoms with Crippen molar-refractivity contribution in [1.82, 2.24) is 25.7 Å². The normalized spacial score (nSPS) is 19.9. The highest BCUT2D eigenvalue weighted by Gasteiger charge is 2.42. The molecule has 39 heavy (non-hydrogen) atoms. The number of pyridine rings is 1. The van der Waals surface area contributed by atoms with Crippen LogP contribution in [-0.2, 0) is 26.0 Å². The van der Waals surface area contributed by atoms with Crippen LogP contribution < -0.4 is 15.8 Å². The van der Waals surface area contributed by atoms with Gasteiger partial charge >= 0.3 is 5.97 Å². The predicted octanol–water partition coefficient (Wildman–Crippen LogP) is 2.93. The Bertz CT molecular complexity index is 1520. The number of anilines is 1. The van der Waals surface area contributed by atoms with Crippen molar-refractivity contribution in [2.45, 2.75) is 41.5 Å². The van der Waals surface area contributed by atoms with Crippen molar-refractivity contribution in [3.05, 3.63) is 47.4 Å². The first-order valence-corrected chi connectivity index (χ1v) is 14.3. The highest BCUT2D eigenvalue weighted by atomic mass is 35.5. The van der Waals surface area contributed by atoms with E-state index in [4.69, 9.17) is 11.6 Å². The number of rotatable bonds is 8. The Kier molecular flexibility index (Phi) is 8.10. The van der Waals surface area contributed by atoms with Gasteiger partial charge < -0.3 is 21.1 Å². The van der Waals surface area contributed by atoms with Crippen LogP contribution in [0.3, 0.4) is 0 Å². The van der Waals surface area contributed by atoms with Gasteiger partial charge in [-0.15, -0.1) is 0 Å². The molecule has 4 heterocycles. The lowest BCUT2D eigenvalue weighted by Gasteiger charge is -2.25. The van der Waals surface area contributed by atoms with Gasteiger partial charge in [0.25, 0.3) is 15.9 Å². The fourth-order valence-electron chi connectivity index (χ4n) is 4.64. The molecule has 5 rings (SSSR count). The average molecular weight is 603 g/mol. The molecule has 2 saturated heterocycles. The third-order valence-electron chi connectivity index (χ3n) is 6.59. The topological polar surface area (TPSA) is 168 Å². The lowest BCUT2D eigenvalue weighted by molar-refractivity contribution is -0.148. The number of carbonyl (C=O) groups is 2. The summed E-state index contributed by atoms with van der Waals surface area (Å²) in [6, 6.07) is 2.74. The van der Waals surface area contributed by atoms with Gasteiger partial charge in [0.05, 0.1) is 12.7 Å². The van der Waals surface area contributed by atoms with Gasteiger partial charge in [-0.25, -0.2) is 27.0 Å². The number of alkyl halides is 2. The highest BCUT2D eigenvalue weighted by Crippen LogP contribution is 2.34. The molecule has 16 heteroatoms. The third kappa shape index (κ3) is 5.96. The molecule has 0 saturated carbocycles. The van der Waals surface area contributed by atoms with Gasteiger partial charge in [0.15, 0.2) is 9.34 Å². The van der Waals surface area contributed by atoms with Crippen molar-refractivity contribution in [3.63, 3.8) is 0 Å². The van der Waals surface area contributed by atoms with Crippen molar-refractivity contribution >= 4 is 60.7 Å². The quantitative estimate of drug-likeness (QED) is 0.351. The van der Waals surface area contributed by atoms with E-state index in [0.717, 1.165) is 33.2 Å². The minimum absolute atomic E-state index is 0. The SMILES string of the molecule is N.O=C(O)C(Cc1cc2ccncc2cc1Cl)N1CCC(NS(=O)(=O)c2cnc(N3CCC(F)(F)C3)s2)C1=O. The number of hydrogen-bond donors (Lipinski definition) is 3. The maximum Gasteiger partial charge on any atom is 0.326 e. The molecule has 2 unspecified atom stereocenters. The van der Waals surface area contributed by atoms with Crippen LogP contribution in [-0.4, -0.2) is 77.9 Å². The molecule has 3 aromatic rings. The Hall–Kier alpha value is -2.98. The molecule has 0 spiro atoms. The van der Waals surface area contributed by atoms with E-state index in [1.165, 1.54) is 4.90 Å². The minimum atomic E-state index is -4.20. The summed E-state index contributed by atoms with van der Waals surface area (Å²) in [5.74, 6) is -4.79. The number of amides is 1. The summed E-state index contributed by atoms with van der Waals surface area (Å²) < 4.78 is 55.1. The second-order valence-corrected chi connectivity index (χ2v) is 12.6. The van der Waals surface area contributed by atoms with Crippen LogP contribution in [0.5, 0.6) is 0 Å². The van der Waals surface area contributed by atoms with E-state index < -0.39 is 46.5 Å². The molecule has 5 N–H and O–H groups in total. The average Bonchev–Trinajstić information content (AvgIpc) is 3.57. The first-order chi connectivity index (χ1) is 17.9. The Balaban J connectivity index is 0.00000353. The number of thiazole rings is 1. The number of aliphatic carboxylic acids is 1. The van der Waals surface area contributed by atoms with Gasteiger partial charge in [0, 0.05) is 48.7 Å². The minimum Gasteiger partial charge on any atom is -0.480 e. The van der Waals surface area contributed by atoms with Gasteiger partial charge in [-0.1, -0.05) is 22.9 Å². The molecular weight excluding hydrogens is 578 g/mol. The van der Waals surface area contributed by atoms with Gasteiger partial charge in [-0.3, -0.25) is 9.78 Å². The number of hydrogen-bond acceptors (Lipinski definition) is 9. The molecule has 11 nitrogen and oxygen atoms in total. The van der Waals surface area contributed by atoms with Gasteiger partial charge in [0.1, 0.15) is 12.1 Å². The number of nitrogens with one attached hydrogen (secondary N) is 1. The lowest BCUT2D eigenvalue weighted by atomic mass is 10.0. The third-order valence-corrected chi connectivity index (χ3v) is 9.94. The summed E-state index contributed by atoms with van der Waals surface area (Å²) in [5, 5.41) is 12.0. The lowest BCUT2D eigenvalue weighted by Crippen LogP contribution is -2.48. The number of carboxylic acid groups (broad SMARTS) is 1. The van der Waals surface area contributed by atoms with Gasteiger partial charge in [0.2, 0.25) is 5.91 Å². The Morgan fingerprint density at radius 1 is 1.28 bits per heavy atom. The van der Waals surface area contributed by atoms with E-state index in [2.05, 4.69) is 14.7 Å². The number of nitrogens with zero attached hydrogens (tertiary/aromatic N) is 4. The number of carbonyl (C=O) groups excluding carboxylic acids is 1. The van der Waals surface area contributed by atoms with Crippen LogP contribution in [0.15, 0.2) is 41.0 Å². The van der Waals surface area contributed by atoms with Crippen LogP contribution >= 0.6 is 22.9 Å². The number of aromatic nitrogens is 2. The van der Waals surface area contributed by atoms with Crippen LogP contribution in [0.4, 0.5) is 13.9 Å². The Morgan fingerprint density at radius 2 is 2.05 bits per heavy atom. The van der Waals surface area contributed by atoms with Crippen molar-refractivity contribution < 1.29 is 31.9 Å². The maximum atomic E-state index is 13.5. The van der Waals surface area contributed by atoms with Gasteiger partial charge in [-0.2, -0.15) is 4.72 Å². The van der Waals surface area contributed by atoms with Crippen molar-refractivity contribution in [1.29, 1.82) is 0 Å². The van der Waals surface area contributed by atoms with Crippen molar-refractivity contribution in [3.8, 4) is 0 Å². The number of fused-ring (bicyclic) bond motifs is 1. The predicted molar refractivity (Wildman–Crippen MR) is 141 cm³/mol. The zero-order chi connectivity index (χ0) is 27.2. The molecule has 2 aliphatic heterocycles. The van der Waals surface area contributed by atoms with Crippen molar-refractivity contribution in [2.75, 3.05) is 24.5 Å². The van der Waals surface area contributed by atoms with E-state index >= 15 is 0 Å². The summed E-state index contributed by atoms with van der Waals surface area (Å²) in [6.45, 7) is -0.467. The molecule has 2 fully saturated rings. The second-order valence-electron chi connectivity index (χ2n) is 9.21. The van der Waals surface area contributed by atoms with E-state index in [-0.39, 0.29) is 47.8 Å². The van der Waals surface area contributed by atoms with Gasteiger partial charge in [-0.05, 0) is 35.6 Å². The first-order valence-electron chi connectivity index (χ1n) is 11.6. The molecule has 210 valence electrons. The Morgan fingerprint density at radius 3 is 2.74 bits per heavy atom. The molecule has 1 aromatic carbocycles. The number of benzene rings is 1. The summed E-state index contributed by atoms with van der Waals surface area (Å²) in [4.78, 5) is 35.7. The molecule has 2 atom stereocenters. The first kappa shape index (κ1) is 29.0. The molecule has 1 amide bonds. The molecule has 2 aliphatic rings. The number of likely N-dealkylation sites (tertiary alicyclic amines) is 1. The van der Waals surface area contributed by atoms with Crippen LogP contribution in [0.2, 0.25) is 5.02 Å². The molecule has 0 bridgehead atoms. The number of sulfonamides is 1.